The molecule has 4 heteroatoms. The maximum atomic E-state index is 12.3. The number of carbonyl (C=O) groups is 2. The molecule has 0 heterocycles. The summed E-state index contributed by atoms with van der Waals surface area (Å²) in [5, 5.41) is 3.00. The zero-order valence-electron chi connectivity index (χ0n) is 16.3. The summed E-state index contributed by atoms with van der Waals surface area (Å²) < 4.78 is 11.6. The molecule has 140 valence electrons. The Morgan fingerprint density at radius 1 is 0.704 bits per heavy atom. The number of hydrogen-bond acceptors (Lipinski definition) is 4. The first-order chi connectivity index (χ1) is 12.8. The Hall–Kier alpha value is -2.88. The molecule has 3 rings (SSSR count). The summed E-state index contributed by atoms with van der Waals surface area (Å²) in [5.74, 6) is -0.0791. The third kappa shape index (κ3) is 3.65. The molecule has 0 saturated carbocycles. The second kappa shape index (κ2) is 7.39. The number of fused-ring (bicyclic) bond motifs is 2. The molecule has 0 aliphatic heterocycles. The molecule has 0 aliphatic carbocycles. The van der Waals surface area contributed by atoms with Crippen molar-refractivity contribution >= 4 is 33.5 Å². The lowest BCUT2D eigenvalue weighted by molar-refractivity contribution is -0.138. The van der Waals surface area contributed by atoms with Crippen LogP contribution >= 0.6 is 0 Å². The monoisotopic (exact) mass is 364 g/mol. The fourth-order valence-electron chi connectivity index (χ4n) is 2.87. The van der Waals surface area contributed by atoms with Gasteiger partial charge < -0.3 is 9.47 Å². The highest BCUT2D eigenvalue weighted by molar-refractivity contribution is 6.12. The molecule has 0 amide bonds. The second-order valence-corrected chi connectivity index (χ2v) is 7.40. The number of aryl methyl sites for hydroxylation is 1. The molecular weight excluding hydrogens is 340 g/mol. The van der Waals surface area contributed by atoms with Crippen LogP contribution in [0.25, 0.3) is 21.5 Å². The van der Waals surface area contributed by atoms with Gasteiger partial charge in [-0.05, 0) is 13.0 Å². The summed E-state index contributed by atoms with van der Waals surface area (Å²) in [4.78, 5) is 24.6. The molecule has 0 N–H and O–H groups in total. The van der Waals surface area contributed by atoms with E-state index < -0.39 is 0 Å². The first kappa shape index (κ1) is 18.9. The third-order valence-electron chi connectivity index (χ3n) is 4.43. The Balaban J connectivity index is 2.36. The Morgan fingerprint density at radius 3 is 1.63 bits per heavy atom. The Labute approximate surface area is 159 Å². The van der Waals surface area contributed by atoms with Gasteiger partial charge in [0.1, 0.15) is 11.5 Å². The predicted molar refractivity (Wildman–Crippen MR) is 107 cm³/mol. The van der Waals surface area contributed by atoms with E-state index in [1.807, 2.05) is 49.4 Å². The van der Waals surface area contributed by atoms with Crippen LogP contribution in [0.3, 0.4) is 0 Å². The van der Waals surface area contributed by atoms with Crippen molar-refractivity contribution in [3.05, 3.63) is 48.0 Å². The van der Waals surface area contributed by atoms with E-state index in [2.05, 4.69) is 0 Å². The van der Waals surface area contributed by atoms with Crippen molar-refractivity contribution in [3.63, 3.8) is 0 Å². The Bertz CT molecular complexity index is 1030. The zero-order chi connectivity index (χ0) is 19.7. The molecule has 0 unspecified atom stereocenters. The SMILES string of the molecule is Cc1ccc2c(OC(=O)C(C)C)c3ccccc3c(OC(=O)C(C)C)c2c1. The van der Waals surface area contributed by atoms with Gasteiger partial charge in [-0.2, -0.15) is 0 Å². The molecule has 3 aromatic carbocycles. The van der Waals surface area contributed by atoms with Crippen molar-refractivity contribution in [1.29, 1.82) is 0 Å². The van der Waals surface area contributed by atoms with E-state index in [1.54, 1.807) is 27.7 Å². The summed E-state index contributed by atoms with van der Waals surface area (Å²) in [6.07, 6.45) is 0. The van der Waals surface area contributed by atoms with E-state index in [0.29, 0.717) is 11.5 Å². The van der Waals surface area contributed by atoms with Crippen LogP contribution in [-0.2, 0) is 9.59 Å². The summed E-state index contributed by atoms with van der Waals surface area (Å²) in [6, 6.07) is 13.3. The van der Waals surface area contributed by atoms with E-state index >= 15 is 0 Å². The van der Waals surface area contributed by atoms with E-state index in [0.717, 1.165) is 27.1 Å². The van der Waals surface area contributed by atoms with Crippen LogP contribution in [0.5, 0.6) is 11.5 Å². The third-order valence-corrected chi connectivity index (χ3v) is 4.43. The molecule has 0 aliphatic rings. The maximum absolute atomic E-state index is 12.3. The Kier molecular flexibility index (Phi) is 5.17. The van der Waals surface area contributed by atoms with Gasteiger partial charge in [-0.3, -0.25) is 9.59 Å². The van der Waals surface area contributed by atoms with Crippen LogP contribution in [-0.4, -0.2) is 11.9 Å². The topological polar surface area (TPSA) is 52.6 Å². The normalized spacial score (nSPS) is 11.4. The average molecular weight is 364 g/mol. The molecule has 0 spiro atoms. The van der Waals surface area contributed by atoms with Crippen LogP contribution in [0.1, 0.15) is 33.3 Å². The molecule has 0 aromatic heterocycles. The zero-order valence-corrected chi connectivity index (χ0v) is 16.3. The van der Waals surface area contributed by atoms with Gasteiger partial charge in [0, 0.05) is 21.5 Å². The van der Waals surface area contributed by atoms with E-state index in [1.165, 1.54) is 0 Å². The fraction of sp³-hybridized carbons (Fsp3) is 0.304. The van der Waals surface area contributed by atoms with Gasteiger partial charge in [0.25, 0.3) is 0 Å². The summed E-state index contributed by atoms with van der Waals surface area (Å²) in [5.41, 5.74) is 1.03. The number of ether oxygens (including phenoxy) is 2. The number of hydrogen-bond donors (Lipinski definition) is 0. The molecule has 27 heavy (non-hydrogen) atoms. The number of rotatable bonds is 4. The van der Waals surface area contributed by atoms with Crippen LogP contribution in [0.2, 0.25) is 0 Å². The minimum absolute atomic E-state index is 0.247. The predicted octanol–water partition coefficient (Wildman–Crippen LogP) is 5.42. The van der Waals surface area contributed by atoms with E-state index in [-0.39, 0.29) is 23.8 Å². The molecule has 0 saturated heterocycles. The number of carbonyl (C=O) groups excluding carboxylic acids is 2. The average Bonchev–Trinajstić information content (AvgIpc) is 2.63. The molecule has 3 aromatic rings. The quantitative estimate of drug-likeness (QED) is 0.352. The molecule has 0 fully saturated rings. The lowest BCUT2D eigenvalue weighted by Gasteiger charge is -2.18. The van der Waals surface area contributed by atoms with Crippen LogP contribution in [0.15, 0.2) is 42.5 Å². The standard InChI is InChI=1S/C23H24O4/c1-13(2)22(24)26-20-16-8-6-7-9-17(16)21(27-23(25)14(3)4)19-12-15(5)10-11-18(19)20/h6-14H,1-5H3. The van der Waals surface area contributed by atoms with Crippen molar-refractivity contribution in [2.45, 2.75) is 34.6 Å². The van der Waals surface area contributed by atoms with Gasteiger partial charge in [0.2, 0.25) is 0 Å². The van der Waals surface area contributed by atoms with Crippen molar-refractivity contribution in [2.24, 2.45) is 11.8 Å². The minimum Gasteiger partial charge on any atom is -0.425 e. The highest BCUT2D eigenvalue weighted by Gasteiger charge is 2.21. The first-order valence-corrected chi connectivity index (χ1v) is 9.18. The van der Waals surface area contributed by atoms with Crippen molar-refractivity contribution in [1.82, 2.24) is 0 Å². The summed E-state index contributed by atoms with van der Waals surface area (Å²) >= 11 is 0. The smallest absolute Gasteiger partial charge is 0.313 e. The lowest BCUT2D eigenvalue weighted by Crippen LogP contribution is -2.17. The van der Waals surface area contributed by atoms with Gasteiger partial charge in [-0.25, -0.2) is 0 Å². The molecule has 0 bridgehead atoms. The van der Waals surface area contributed by atoms with Crippen LogP contribution in [0.4, 0.5) is 0 Å². The van der Waals surface area contributed by atoms with Crippen molar-refractivity contribution in [3.8, 4) is 11.5 Å². The van der Waals surface area contributed by atoms with Crippen LogP contribution < -0.4 is 9.47 Å². The van der Waals surface area contributed by atoms with Gasteiger partial charge in [0.15, 0.2) is 0 Å². The van der Waals surface area contributed by atoms with Crippen molar-refractivity contribution < 1.29 is 19.1 Å². The molecule has 4 nitrogen and oxygen atoms in total. The molecular formula is C23H24O4. The number of benzene rings is 3. The van der Waals surface area contributed by atoms with Gasteiger partial charge in [-0.15, -0.1) is 0 Å². The maximum Gasteiger partial charge on any atom is 0.313 e. The van der Waals surface area contributed by atoms with Gasteiger partial charge >= 0.3 is 11.9 Å². The minimum atomic E-state index is -0.297. The highest BCUT2D eigenvalue weighted by atomic mass is 16.5. The van der Waals surface area contributed by atoms with Crippen molar-refractivity contribution in [2.75, 3.05) is 0 Å². The lowest BCUT2D eigenvalue weighted by atomic mass is 9.99. The largest absolute Gasteiger partial charge is 0.425 e. The second-order valence-electron chi connectivity index (χ2n) is 7.40. The van der Waals surface area contributed by atoms with E-state index in [4.69, 9.17) is 9.47 Å². The van der Waals surface area contributed by atoms with Gasteiger partial charge in [0.05, 0.1) is 11.8 Å². The first-order valence-electron chi connectivity index (χ1n) is 9.18. The molecule has 0 radical (unpaired) electrons. The fourth-order valence-corrected chi connectivity index (χ4v) is 2.87. The number of esters is 2. The van der Waals surface area contributed by atoms with E-state index in [9.17, 15) is 9.59 Å². The Morgan fingerprint density at radius 2 is 1.15 bits per heavy atom. The molecule has 0 atom stereocenters. The van der Waals surface area contributed by atoms with Gasteiger partial charge in [-0.1, -0.05) is 69.7 Å². The summed E-state index contributed by atoms with van der Waals surface area (Å²) in [7, 11) is 0. The highest BCUT2D eigenvalue weighted by Crippen LogP contribution is 2.43. The summed E-state index contributed by atoms with van der Waals surface area (Å²) in [6.45, 7) is 9.18. The van der Waals surface area contributed by atoms with Crippen LogP contribution in [0, 0.1) is 18.8 Å².